The van der Waals surface area contributed by atoms with Gasteiger partial charge in [0.25, 0.3) is 0 Å². The Morgan fingerprint density at radius 1 is 0.656 bits per heavy atom. The molecule has 8 fully saturated rings. The van der Waals surface area contributed by atoms with Crippen LogP contribution in [0.3, 0.4) is 0 Å². The van der Waals surface area contributed by atoms with E-state index in [1.54, 1.807) is 60.3 Å². The van der Waals surface area contributed by atoms with E-state index in [9.17, 15) is 45.3 Å². The summed E-state index contributed by atoms with van der Waals surface area (Å²) in [4.78, 5) is 31.6. The fourth-order valence-electron chi connectivity index (χ4n) is 17.4. The molecule has 6 heterocycles. The average molecular weight is 1360 g/mol. The van der Waals surface area contributed by atoms with Crippen LogP contribution in [0.1, 0.15) is 135 Å². The van der Waals surface area contributed by atoms with E-state index in [1.807, 2.05) is 57.2 Å². The van der Waals surface area contributed by atoms with Gasteiger partial charge in [-0.3, -0.25) is 4.98 Å². The van der Waals surface area contributed by atoms with Crippen molar-refractivity contribution in [2.75, 3.05) is 35.0 Å². The van der Waals surface area contributed by atoms with Gasteiger partial charge in [0, 0.05) is 78.5 Å². The van der Waals surface area contributed by atoms with Crippen molar-refractivity contribution < 1.29 is 121 Å². The van der Waals surface area contributed by atoms with Crippen LogP contribution < -0.4 is 0 Å². The highest BCUT2D eigenvalue weighted by atomic mass is 16.8. The number of rotatable bonds is 21. The third-order valence-corrected chi connectivity index (χ3v) is 23.0. The topological polar surface area (TPSA) is 336 Å². The minimum atomic E-state index is -2.03. The fraction of sp³-hybridized carbons (Fsp3) is 0.757. The maximum absolute atomic E-state index is 14.0. The van der Waals surface area contributed by atoms with Crippen LogP contribution in [0.15, 0.2) is 72.6 Å². The molecule has 0 radical (unpaired) electrons. The van der Waals surface area contributed by atoms with E-state index >= 15 is 0 Å². The van der Waals surface area contributed by atoms with Crippen LogP contribution in [0.25, 0.3) is 6.08 Å². The molecule has 1 aromatic heterocycles. The average Bonchev–Trinajstić information content (AvgIpc) is 1.39. The summed E-state index contributed by atoms with van der Waals surface area (Å²) in [6.07, 6.45) is -8.95. The summed E-state index contributed by atoms with van der Waals surface area (Å²) in [5, 5.41) is 80.9. The molecule has 26 nitrogen and oxygen atoms in total. The van der Waals surface area contributed by atoms with Gasteiger partial charge in [0.2, 0.25) is 0 Å². The lowest BCUT2D eigenvalue weighted by atomic mass is 9.42. The van der Waals surface area contributed by atoms with Gasteiger partial charge in [0.1, 0.15) is 77.8 Å². The first kappa shape index (κ1) is 73.2. The molecule has 30 atom stereocenters. The van der Waals surface area contributed by atoms with E-state index < -0.39 is 193 Å². The number of benzene rings is 1. The number of nitrogens with zero attached hydrogens (tertiary/aromatic N) is 1. The summed E-state index contributed by atoms with van der Waals surface area (Å²) in [5.41, 5.74) is -6.25. The predicted molar refractivity (Wildman–Crippen MR) is 337 cm³/mol. The normalized spacial score (nSPS) is 46.0. The van der Waals surface area contributed by atoms with Crippen LogP contribution in [-0.4, -0.2) is 252 Å². The molecule has 7 N–H and O–H groups in total. The largest absolute Gasteiger partial charge is 0.458 e. The van der Waals surface area contributed by atoms with E-state index in [4.69, 9.17) is 75.8 Å². The SMILES string of the molecule is CO[C@H]1C[C@H](O[C@H]2[C@@H](OC)C[C@H](O[C@H]3CC[C@@]4(C)C(=CC[C@]5(O)[C@@H]4C[C@@H](OC(=O)/C=C/c4ccccc4)[C@@]4(C)[C@]5(O)CC[C@@]4(O)[C@H](C)OC(=O)c4cccnc4)C3)O[C@@H]2C)O[C@@H](C)[C@H]1O[C@H]1C[C@H](OC)[C@H](O[C@H]2C[C@@H](OC)[C@@H](O[C@@H]3O[C@H](CO)[C@@H](O)[C@H](O)[C@H]3O)[C@H](C)O2)[C@@H](C)O1. The van der Waals surface area contributed by atoms with E-state index in [2.05, 4.69) is 11.9 Å². The molecule has 3 saturated carbocycles. The van der Waals surface area contributed by atoms with Gasteiger partial charge in [-0.05, 0) is 109 Å². The monoisotopic (exact) mass is 1360 g/mol. The molecule has 0 bridgehead atoms. The smallest absolute Gasteiger partial charge is 0.340 e. The molecule has 0 amide bonds. The number of carbonyl (C=O) groups is 2. The highest BCUT2D eigenvalue weighted by Gasteiger charge is 2.81. The van der Waals surface area contributed by atoms with Crippen LogP contribution in [0.5, 0.6) is 0 Å². The summed E-state index contributed by atoms with van der Waals surface area (Å²) in [6.45, 7) is 12.1. The minimum Gasteiger partial charge on any atom is -0.458 e. The summed E-state index contributed by atoms with van der Waals surface area (Å²) in [6, 6.07) is 12.4. The third-order valence-electron chi connectivity index (χ3n) is 23.0. The van der Waals surface area contributed by atoms with Crippen molar-refractivity contribution in [1.82, 2.24) is 4.98 Å². The van der Waals surface area contributed by atoms with Crippen molar-refractivity contribution in [2.24, 2.45) is 16.7 Å². The molecule has 96 heavy (non-hydrogen) atoms. The Bertz CT molecular complexity index is 2990. The number of aliphatic hydroxyl groups is 7. The van der Waals surface area contributed by atoms with Gasteiger partial charge in [-0.2, -0.15) is 0 Å². The summed E-state index contributed by atoms with van der Waals surface area (Å²) in [5.74, 6) is -2.05. The zero-order valence-electron chi connectivity index (χ0n) is 56.8. The summed E-state index contributed by atoms with van der Waals surface area (Å²) < 4.78 is 101. The summed E-state index contributed by atoms with van der Waals surface area (Å²) >= 11 is 0. The van der Waals surface area contributed by atoms with Crippen LogP contribution >= 0.6 is 0 Å². The first-order valence-corrected chi connectivity index (χ1v) is 34.0. The van der Waals surface area contributed by atoms with Gasteiger partial charge < -0.3 is 112 Å². The predicted octanol–water partition coefficient (Wildman–Crippen LogP) is 4.11. The molecule has 0 unspecified atom stereocenters. The fourth-order valence-corrected chi connectivity index (χ4v) is 17.4. The molecule has 5 aliphatic heterocycles. The first-order chi connectivity index (χ1) is 45.8. The number of carbonyl (C=O) groups excluding carboxylic acids is 2. The molecule has 11 rings (SSSR count). The van der Waals surface area contributed by atoms with E-state index in [1.165, 1.54) is 25.6 Å². The Labute approximate surface area is 561 Å². The van der Waals surface area contributed by atoms with E-state index in [-0.39, 0.29) is 43.8 Å². The third kappa shape index (κ3) is 13.8. The molecule has 536 valence electrons. The molecule has 4 aliphatic carbocycles. The van der Waals surface area contributed by atoms with Gasteiger partial charge in [0.15, 0.2) is 31.5 Å². The molecular weight excluding hydrogens is 1250 g/mol. The molecule has 9 aliphatic rings. The highest BCUT2D eigenvalue weighted by Crippen LogP contribution is 2.71. The van der Waals surface area contributed by atoms with Crippen molar-refractivity contribution in [3.05, 3.63) is 83.7 Å². The van der Waals surface area contributed by atoms with Crippen LogP contribution in [-0.2, 0) is 80.6 Å². The maximum Gasteiger partial charge on any atom is 0.340 e. The molecule has 5 saturated heterocycles. The molecule has 2 aromatic rings. The van der Waals surface area contributed by atoms with Crippen molar-refractivity contribution in [3.8, 4) is 0 Å². The van der Waals surface area contributed by atoms with Crippen molar-refractivity contribution in [1.29, 1.82) is 0 Å². The quantitative estimate of drug-likeness (QED) is 0.0525. The maximum atomic E-state index is 14.0. The van der Waals surface area contributed by atoms with E-state index in [0.717, 1.165) is 11.1 Å². The number of ether oxygens (including phenoxy) is 16. The zero-order chi connectivity index (χ0) is 68.8. The lowest BCUT2D eigenvalue weighted by Crippen LogP contribution is -2.78. The molecule has 1 aromatic carbocycles. The Hall–Kier alpha value is -4.05. The number of fused-ring (bicyclic) bond motifs is 5. The van der Waals surface area contributed by atoms with Gasteiger partial charge in [-0.25, -0.2) is 9.59 Å². The van der Waals surface area contributed by atoms with Crippen molar-refractivity contribution in [2.45, 2.75) is 283 Å². The second kappa shape index (κ2) is 29.9. The lowest BCUT2D eigenvalue weighted by molar-refractivity contribution is -0.359. The van der Waals surface area contributed by atoms with Crippen LogP contribution in [0, 0.1) is 16.7 Å². The Balaban J connectivity index is 0.694. The Morgan fingerprint density at radius 3 is 1.70 bits per heavy atom. The molecule has 0 spiro atoms. The Kier molecular flexibility index (Phi) is 22.8. The number of pyridine rings is 1. The second-order valence-electron chi connectivity index (χ2n) is 28.2. The van der Waals surface area contributed by atoms with Gasteiger partial charge in [-0.1, -0.05) is 55.8 Å². The van der Waals surface area contributed by atoms with Crippen LogP contribution in [0.4, 0.5) is 0 Å². The van der Waals surface area contributed by atoms with Crippen LogP contribution in [0.2, 0.25) is 0 Å². The number of hydrogen-bond donors (Lipinski definition) is 7. The standard InChI is InChI=1S/C70H101NO25/c1-36-60(93-54-30-46(82-9)61(37(2)86-54)94-55-31-47(83-10)62(38(3)87-55)95-56-32-48(84-11)63(39(4)88-56)96-65-59(76)58(75)57(74)49(35-72)91-65)45(81-8)29-53(85-36)90-44-22-23-66(6)43(28-44)21-24-69(79)50(66)33-51(92-52(73)20-19-41-16-13-12-14-17-41)67(7)68(78,25-26-70(67,69)80)40(5)89-64(77)42-18-15-27-71-34-42/h12-21,27,34,36-40,44-51,53-63,65,72,74-76,78-80H,22-26,28-33,35H2,1-11H3/b20-19+/t36-,37+,38-,39+,40+,44+,45+,46+,47+,48-,49-,50-,51-,53+,54+,55+,56+,57-,58+,59-,60-,61-,62-,63+,65+,66+,67-,68-,69+,70-/m1/s1. The van der Waals surface area contributed by atoms with Gasteiger partial charge >= 0.3 is 11.9 Å². The second-order valence-corrected chi connectivity index (χ2v) is 28.2. The Morgan fingerprint density at radius 2 is 1.19 bits per heavy atom. The number of methoxy groups -OCH3 is 4. The lowest BCUT2D eigenvalue weighted by Gasteiger charge is -2.67. The number of hydrogen-bond acceptors (Lipinski definition) is 26. The molecular formula is C70H101NO25. The number of esters is 2. The van der Waals surface area contributed by atoms with Crippen molar-refractivity contribution >= 4 is 18.0 Å². The zero-order valence-corrected chi connectivity index (χ0v) is 56.8. The highest BCUT2D eigenvalue weighted by molar-refractivity contribution is 5.89. The minimum absolute atomic E-state index is 0.0458. The van der Waals surface area contributed by atoms with Gasteiger partial charge in [0.05, 0.1) is 72.5 Å². The van der Waals surface area contributed by atoms with Gasteiger partial charge in [-0.15, -0.1) is 0 Å². The number of aliphatic hydroxyl groups excluding tert-OH is 4. The number of aromatic nitrogens is 1. The summed E-state index contributed by atoms with van der Waals surface area (Å²) in [7, 11) is 6.34. The molecule has 26 heteroatoms. The van der Waals surface area contributed by atoms with E-state index in [0.29, 0.717) is 38.5 Å². The first-order valence-electron chi connectivity index (χ1n) is 34.0. The van der Waals surface area contributed by atoms with Crippen molar-refractivity contribution in [3.63, 3.8) is 0 Å².